The first-order valence-corrected chi connectivity index (χ1v) is 6.06. The monoisotopic (exact) mass is 244 g/mol. The summed E-state index contributed by atoms with van der Waals surface area (Å²) >= 11 is 0. The van der Waals surface area contributed by atoms with Crippen LogP contribution in [0.3, 0.4) is 0 Å². The van der Waals surface area contributed by atoms with Crippen LogP contribution in [0.1, 0.15) is 36.7 Å². The summed E-state index contributed by atoms with van der Waals surface area (Å²) < 4.78 is 0. The van der Waals surface area contributed by atoms with E-state index in [1.54, 1.807) is 19.1 Å². The van der Waals surface area contributed by atoms with Crippen molar-refractivity contribution in [1.29, 1.82) is 0 Å². The van der Waals surface area contributed by atoms with Crippen molar-refractivity contribution in [2.45, 2.75) is 27.7 Å². The molecule has 18 heavy (non-hydrogen) atoms. The average Bonchev–Trinajstić information content (AvgIpc) is 2.43. The molecule has 0 N–H and O–H groups in total. The fourth-order valence-corrected chi connectivity index (χ4v) is 1.19. The smallest absolute Gasteiger partial charge is 0.188 e. The largest absolute Gasteiger partial charge is 0.289 e. The third-order valence-corrected chi connectivity index (χ3v) is 2.04. The normalized spacial score (nSPS) is 9.22. The van der Waals surface area contributed by atoms with Gasteiger partial charge in [-0.2, -0.15) is 0 Å². The van der Waals surface area contributed by atoms with Crippen molar-refractivity contribution in [3.8, 4) is 0 Å². The minimum absolute atomic E-state index is 0.0601. The molecule has 0 amide bonds. The minimum Gasteiger partial charge on any atom is -0.289 e. The van der Waals surface area contributed by atoms with Crippen molar-refractivity contribution in [1.82, 2.24) is 0 Å². The zero-order valence-corrected chi connectivity index (χ0v) is 12.0. The van der Waals surface area contributed by atoms with Crippen LogP contribution in [0.2, 0.25) is 0 Å². The van der Waals surface area contributed by atoms with Gasteiger partial charge < -0.3 is 0 Å². The van der Waals surface area contributed by atoms with Gasteiger partial charge in [0, 0.05) is 5.56 Å². The van der Waals surface area contributed by atoms with Gasteiger partial charge in [0.05, 0.1) is 0 Å². The lowest BCUT2D eigenvalue weighted by atomic mass is 10.0. The van der Waals surface area contributed by atoms with E-state index in [2.05, 4.69) is 19.7 Å². The maximum atomic E-state index is 11.7. The van der Waals surface area contributed by atoms with Crippen LogP contribution in [0.25, 0.3) is 0 Å². The van der Waals surface area contributed by atoms with E-state index in [1.165, 1.54) is 0 Å². The second kappa shape index (κ2) is 11.6. The predicted octanol–water partition coefficient (Wildman–Crippen LogP) is 5.14. The molecule has 0 spiro atoms. The van der Waals surface area contributed by atoms with Crippen LogP contribution in [0.15, 0.2) is 61.7 Å². The van der Waals surface area contributed by atoms with Gasteiger partial charge in [0.2, 0.25) is 0 Å². The summed E-state index contributed by atoms with van der Waals surface area (Å²) in [5.41, 5.74) is 2.60. The summed E-state index contributed by atoms with van der Waals surface area (Å²) in [5.74, 6) is 0.0601. The zero-order valence-electron chi connectivity index (χ0n) is 12.0. The Morgan fingerprint density at radius 3 is 1.94 bits per heavy atom. The quantitative estimate of drug-likeness (QED) is 0.311. The van der Waals surface area contributed by atoms with Crippen molar-refractivity contribution in [2.24, 2.45) is 0 Å². The summed E-state index contributed by atoms with van der Waals surface area (Å²) in [4.78, 5) is 11.7. The lowest BCUT2D eigenvalue weighted by molar-refractivity contribution is 0.103. The molecule has 0 unspecified atom stereocenters. The molecule has 0 aliphatic heterocycles. The van der Waals surface area contributed by atoms with Crippen LogP contribution < -0.4 is 0 Å². The second-order valence-corrected chi connectivity index (χ2v) is 3.28. The van der Waals surface area contributed by atoms with Gasteiger partial charge in [0.25, 0.3) is 0 Å². The third kappa shape index (κ3) is 6.64. The SMILES string of the molecule is C=C.C=C/C=C(\C)C(=O)c1ccc(C)cc1.CC. The van der Waals surface area contributed by atoms with E-state index in [1.807, 2.05) is 45.0 Å². The Kier molecular flexibility index (Phi) is 11.9. The highest BCUT2D eigenvalue weighted by Crippen LogP contribution is 2.09. The van der Waals surface area contributed by atoms with Gasteiger partial charge in [-0.3, -0.25) is 4.79 Å². The molecule has 0 bridgehead atoms. The van der Waals surface area contributed by atoms with Gasteiger partial charge in [-0.05, 0) is 19.4 Å². The Hall–Kier alpha value is -1.89. The molecule has 1 aromatic carbocycles. The van der Waals surface area contributed by atoms with E-state index < -0.39 is 0 Å². The highest BCUT2D eigenvalue weighted by atomic mass is 16.1. The average molecular weight is 244 g/mol. The van der Waals surface area contributed by atoms with Crippen molar-refractivity contribution in [3.05, 3.63) is 72.9 Å². The summed E-state index contributed by atoms with van der Waals surface area (Å²) in [5, 5.41) is 0. The van der Waals surface area contributed by atoms with E-state index in [4.69, 9.17) is 0 Å². The van der Waals surface area contributed by atoms with E-state index in [0.717, 1.165) is 11.1 Å². The topological polar surface area (TPSA) is 17.1 Å². The molecule has 1 nitrogen and oxygen atoms in total. The number of benzene rings is 1. The standard InChI is InChI=1S/C13H14O.C2H6.C2H4/c1-4-5-11(3)13(14)12-8-6-10(2)7-9-12;2*1-2/h4-9H,1H2,2-3H3;1-2H3;1-2H2/b11-5+;;. The molecule has 0 saturated heterocycles. The summed E-state index contributed by atoms with van der Waals surface area (Å²) in [6.07, 6.45) is 3.35. The number of rotatable bonds is 3. The van der Waals surface area contributed by atoms with Crippen LogP contribution in [-0.4, -0.2) is 5.78 Å². The Morgan fingerprint density at radius 1 is 1.11 bits per heavy atom. The van der Waals surface area contributed by atoms with Crippen molar-refractivity contribution in [2.75, 3.05) is 0 Å². The van der Waals surface area contributed by atoms with Crippen LogP contribution in [0, 0.1) is 6.92 Å². The molecule has 1 rings (SSSR count). The van der Waals surface area contributed by atoms with Crippen LogP contribution in [-0.2, 0) is 0 Å². The van der Waals surface area contributed by atoms with E-state index >= 15 is 0 Å². The number of ketones is 1. The van der Waals surface area contributed by atoms with E-state index in [9.17, 15) is 4.79 Å². The molecule has 1 aromatic rings. The Bertz CT molecular complexity index is 383. The first kappa shape index (κ1) is 18.5. The molecule has 0 aliphatic rings. The summed E-state index contributed by atoms with van der Waals surface area (Å²) in [6.45, 7) is 17.4. The summed E-state index contributed by atoms with van der Waals surface area (Å²) in [6, 6.07) is 7.57. The highest BCUT2D eigenvalue weighted by molar-refractivity contribution is 6.08. The fourth-order valence-electron chi connectivity index (χ4n) is 1.19. The molecule has 0 fully saturated rings. The van der Waals surface area contributed by atoms with Crippen molar-refractivity contribution >= 4 is 5.78 Å². The molecule has 0 atom stereocenters. The van der Waals surface area contributed by atoms with Gasteiger partial charge in [0.15, 0.2) is 5.78 Å². The molecule has 0 aliphatic carbocycles. The minimum atomic E-state index is 0.0601. The lowest BCUT2D eigenvalue weighted by Gasteiger charge is -2.00. The molecular formula is C17H24O. The highest BCUT2D eigenvalue weighted by Gasteiger charge is 2.05. The van der Waals surface area contributed by atoms with Gasteiger partial charge >= 0.3 is 0 Å². The number of carbonyl (C=O) groups is 1. The van der Waals surface area contributed by atoms with Gasteiger partial charge in [-0.1, -0.05) is 62.4 Å². The molecule has 0 radical (unpaired) electrons. The number of carbonyl (C=O) groups excluding carboxylic acids is 1. The molecule has 98 valence electrons. The number of Topliss-reactive ketones (excluding diaryl/α,β-unsaturated/α-hetero) is 1. The zero-order chi connectivity index (χ0) is 14.6. The lowest BCUT2D eigenvalue weighted by Crippen LogP contribution is -1.99. The van der Waals surface area contributed by atoms with Crippen LogP contribution in [0.4, 0.5) is 0 Å². The molecule has 1 heteroatoms. The van der Waals surface area contributed by atoms with Crippen molar-refractivity contribution in [3.63, 3.8) is 0 Å². The molecule has 0 saturated carbocycles. The van der Waals surface area contributed by atoms with E-state index in [-0.39, 0.29) is 5.78 Å². The second-order valence-electron chi connectivity index (χ2n) is 3.28. The predicted molar refractivity (Wildman–Crippen MR) is 82.1 cm³/mol. The molecular weight excluding hydrogens is 220 g/mol. The molecule has 0 heterocycles. The number of hydrogen-bond acceptors (Lipinski definition) is 1. The first-order chi connectivity index (χ1) is 8.65. The van der Waals surface area contributed by atoms with E-state index in [0.29, 0.717) is 5.57 Å². The third-order valence-electron chi connectivity index (χ3n) is 2.04. The van der Waals surface area contributed by atoms with Gasteiger partial charge in [0.1, 0.15) is 0 Å². The van der Waals surface area contributed by atoms with Crippen LogP contribution >= 0.6 is 0 Å². The van der Waals surface area contributed by atoms with Crippen molar-refractivity contribution < 1.29 is 4.79 Å². The maximum absolute atomic E-state index is 11.7. The number of aryl methyl sites for hydroxylation is 1. The number of hydrogen-bond donors (Lipinski definition) is 0. The first-order valence-electron chi connectivity index (χ1n) is 6.06. The Balaban J connectivity index is 0. The van der Waals surface area contributed by atoms with Gasteiger partial charge in [-0.15, -0.1) is 13.2 Å². The van der Waals surface area contributed by atoms with Gasteiger partial charge in [-0.25, -0.2) is 0 Å². The van der Waals surface area contributed by atoms with Crippen LogP contribution in [0.5, 0.6) is 0 Å². The fraction of sp³-hybridized carbons (Fsp3) is 0.235. The summed E-state index contributed by atoms with van der Waals surface area (Å²) in [7, 11) is 0. The Labute approximate surface area is 112 Å². The number of allylic oxidation sites excluding steroid dienone is 3. The Morgan fingerprint density at radius 2 is 1.56 bits per heavy atom. The molecule has 0 aromatic heterocycles. The maximum Gasteiger partial charge on any atom is 0.188 e.